The van der Waals surface area contributed by atoms with Crippen molar-refractivity contribution in [3.05, 3.63) is 41.7 Å². The largest absolute Gasteiger partial charge is 0.435 e. The fourth-order valence-electron chi connectivity index (χ4n) is 2.11. The quantitative estimate of drug-likeness (QED) is 0.768. The molecule has 2 aromatic rings. The van der Waals surface area contributed by atoms with E-state index in [1.165, 1.54) is 25.1 Å². The van der Waals surface area contributed by atoms with Crippen LogP contribution in [0.15, 0.2) is 35.4 Å². The predicted molar refractivity (Wildman–Crippen MR) is 80.9 cm³/mol. The van der Waals surface area contributed by atoms with E-state index in [4.69, 9.17) is 0 Å². The molecule has 0 saturated carbocycles. The van der Waals surface area contributed by atoms with E-state index < -0.39 is 21.7 Å². The minimum Gasteiger partial charge on any atom is -0.294 e. The first-order valence-corrected chi connectivity index (χ1v) is 8.78. The molecule has 0 saturated heterocycles. The highest BCUT2D eigenvalue weighted by molar-refractivity contribution is 7.91. The second-order valence-electron chi connectivity index (χ2n) is 5.00. The molecule has 1 aromatic heterocycles. The number of carbonyl (C=O) groups excluding carboxylic acids is 1. The van der Waals surface area contributed by atoms with Crippen LogP contribution in [0.25, 0.3) is 5.69 Å². The van der Waals surface area contributed by atoms with Gasteiger partial charge in [0.2, 0.25) is 0 Å². The second kappa shape index (κ2) is 6.39. The Kier molecular flexibility index (Phi) is 4.84. The lowest BCUT2D eigenvalue weighted by molar-refractivity contribution is -0.141. The fourth-order valence-corrected chi connectivity index (χ4v) is 3.23. The van der Waals surface area contributed by atoms with Crippen LogP contribution in [-0.2, 0) is 16.0 Å². The van der Waals surface area contributed by atoms with E-state index in [1.54, 1.807) is 6.92 Å². The van der Waals surface area contributed by atoms with Gasteiger partial charge < -0.3 is 0 Å². The highest BCUT2D eigenvalue weighted by Gasteiger charge is 2.33. The molecular weight excluding hydrogens is 345 g/mol. The lowest BCUT2D eigenvalue weighted by Gasteiger charge is -2.11. The van der Waals surface area contributed by atoms with Gasteiger partial charge in [-0.2, -0.15) is 18.3 Å². The Morgan fingerprint density at radius 1 is 1.21 bits per heavy atom. The van der Waals surface area contributed by atoms with Crippen LogP contribution in [0.1, 0.15) is 36.3 Å². The maximum atomic E-state index is 12.6. The molecule has 1 heterocycles. The first kappa shape index (κ1) is 18.2. The van der Waals surface area contributed by atoms with Gasteiger partial charge in [0.25, 0.3) is 0 Å². The van der Waals surface area contributed by atoms with Crippen molar-refractivity contribution < 1.29 is 26.4 Å². The molecule has 9 heteroatoms. The minimum absolute atomic E-state index is 0.0336. The molecule has 24 heavy (non-hydrogen) atoms. The third-order valence-electron chi connectivity index (χ3n) is 3.45. The van der Waals surface area contributed by atoms with Crippen molar-refractivity contribution in [2.24, 2.45) is 0 Å². The molecule has 0 atom stereocenters. The normalized spacial score (nSPS) is 12.4. The van der Waals surface area contributed by atoms with Gasteiger partial charge in [-0.25, -0.2) is 13.1 Å². The predicted octanol–water partition coefficient (Wildman–Crippen LogP) is 3.28. The molecule has 0 aliphatic rings. The molecule has 0 amide bonds. The molecule has 0 N–H and O–H groups in total. The zero-order chi connectivity index (χ0) is 18.1. The summed E-state index contributed by atoms with van der Waals surface area (Å²) in [6.07, 6.45) is -3.39. The van der Waals surface area contributed by atoms with Crippen LogP contribution in [0.2, 0.25) is 0 Å². The molecule has 2 rings (SSSR count). The lowest BCUT2D eigenvalue weighted by atomic mass is 10.1. The van der Waals surface area contributed by atoms with E-state index >= 15 is 0 Å². The van der Waals surface area contributed by atoms with Crippen LogP contribution in [0, 0.1) is 0 Å². The number of sulfone groups is 1. The van der Waals surface area contributed by atoms with Crippen molar-refractivity contribution >= 4 is 15.6 Å². The summed E-state index contributed by atoms with van der Waals surface area (Å²) in [6.45, 7) is 3.03. The summed E-state index contributed by atoms with van der Waals surface area (Å²) in [5.41, 5.74) is -0.924. The molecule has 0 spiro atoms. The number of hydrogen-bond donors (Lipinski definition) is 0. The summed E-state index contributed by atoms with van der Waals surface area (Å²) in [4.78, 5) is 11.7. The molecule has 0 fully saturated rings. The smallest absolute Gasteiger partial charge is 0.294 e. The van der Waals surface area contributed by atoms with Crippen molar-refractivity contribution in [2.45, 2.75) is 31.3 Å². The van der Waals surface area contributed by atoms with Crippen molar-refractivity contribution in [1.29, 1.82) is 0 Å². The summed E-state index contributed by atoms with van der Waals surface area (Å²) in [5.74, 6) is -0.585. The van der Waals surface area contributed by atoms with Crippen LogP contribution in [0.3, 0.4) is 0 Å². The average molecular weight is 360 g/mol. The first-order chi connectivity index (χ1) is 11.1. The number of rotatable bonds is 5. The maximum absolute atomic E-state index is 12.6. The number of halogens is 3. The zero-order valence-electron chi connectivity index (χ0n) is 13.0. The number of aromatic nitrogens is 2. The van der Waals surface area contributed by atoms with Gasteiger partial charge in [-0.15, -0.1) is 0 Å². The third-order valence-corrected chi connectivity index (χ3v) is 5.21. The highest BCUT2D eigenvalue weighted by Crippen LogP contribution is 2.28. The Hall–Kier alpha value is -2.16. The molecule has 0 aliphatic heterocycles. The Labute approximate surface area is 137 Å². The summed E-state index contributed by atoms with van der Waals surface area (Å²) in [5, 5.41) is 3.41. The SMILES string of the molecule is CCC(=O)c1ccc(-n2ccc(C(F)(F)F)n2)cc1S(=O)(=O)CC. The van der Waals surface area contributed by atoms with Gasteiger partial charge in [-0.05, 0) is 24.3 Å². The topological polar surface area (TPSA) is 69.0 Å². The van der Waals surface area contributed by atoms with E-state index in [0.29, 0.717) is 0 Å². The Bertz CT molecular complexity index is 870. The van der Waals surface area contributed by atoms with Crippen molar-refractivity contribution in [2.75, 3.05) is 5.75 Å². The van der Waals surface area contributed by atoms with Gasteiger partial charge in [-0.1, -0.05) is 13.8 Å². The lowest BCUT2D eigenvalue weighted by Crippen LogP contribution is -2.12. The van der Waals surface area contributed by atoms with Gasteiger partial charge in [0.15, 0.2) is 21.3 Å². The van der Waals surface area contributed by atoms with Gasteiger partial charge >= 0.3 is 6.18 Å². The summed E-state index contributed by atoms with van der Waals surface area (Å²) in [7, 11) is -3.72. The number of ketones is 1. The number of nitrogens with zero attached hydrogens (tertiary/aromatic N) is 2. The van der Waals surface area contributed by atoms with E-state index in [0.717, 1.165) is 16.9 Å². The van der Waals surface area contributed by atoms with Crippen LogP contribution >= 0.6 is 0 Å². The van der Waals surface area contributed by atoms with Crippen molar-refractivity contribution in [3.8, 4) is 5.69 Å². The maximum Gasteiger partial charge on any atom is 0.435 e. The van der Waals surface area contributed by atoms with E-state index in [9.17, 15) is 26.4 Å². The number of benzene rings is 1. The summed E-state index contributed by atoms with van der Waals surface area (Å²) in [6, 6.07) is 4.64. The van der Waals surface area contributed by atoms with E-state index in [-0.39, 0.29) is 34.1 Å². The highest BCUT2D eigenvalue weighted by atomic mass is 32.2. The zero-order valence-corrected chi connectivity index (χ0v) is 13.8. The van der Waals surface area contributed by atoms with Gasteiger partial charge in [0, 0.05) is 18.2 Å². The standard InChI is InChI=1S/C15H15F3N2O3S/c1-3-12(21)11-6-5-10(9-13(11)24(22,23)4-2)20-8-7-14(19-20)15(16,17)18/h5-9H,3-4H2,1-2H3. The van der Waals surface area contributed by atoms with Crippen LogP contribution in [0.4, 0.5) is 13.2 Å². The van der Waals surface area contributed by atoms with Gasteiger partial charge in [0.1, 0.15) is 0 Å². The molecule has 1 aromatic carbocycles. The molecule has 0 unspecified atom stereocenters. The molecule has 0 radical (unpaired) electrons. The molecule has 130 valence electrons. The van der Waals surface area contributed by atoms with E-state index in [1.807, 2.05) is 0 Å². The molecule has 0 bridgehead atoms. The van der Waals surface area contributed by atoms with Crippen molar-refractivity contribution in [3.63, 3.8) is 0 Å². The first-order valence-electron chi connectivity index (χ1n) is 7.13. The van der Waals surface area contributed by atoms with E-state index in [2.05, 4.69) is 5.10 Å². The minimum atomic E-state index is -4.60. The van der Waals surface area contributed by atoms with Gasteiger partial charge in [-0.3, -0.25) is 4.79 Å². The van der Waals surface area contributed by atoms with Crippen LogP contribution < -0.4 is 0 Å². The third kappa shape index (κ3) is 3.50. The van der Waals surface area contributed by atoms with Crippen LogP contribution in [-0.4, -0.2) is 29.7 Å². The number of alkyl halides is 3. The number of carbonyl (C=O) groups is 1. The fraction of sp³-hybridized carbons (Fsp3) is 0.333. The Balaban J connectivity index is 2.60. The molecule has 5 nitrogen and oxygen atoms in total. The Morgan fingerprint density at radius 3 is 2.38 bits per heavy atom. The Morgan fingerprint density at radius 2 is 1.88 bits per heavy atom. The van der Waals surface area contributed by atoms with Crippen molar-refractivity contribution in [1.82, 2.24) is 9.78 Å². The van der Waals surface area contributed by atoms with Gasteiger partial charge in [0.05, 0.1) is 16.3 Å². The summed E-state index contributed by atoms with van der Waals surface area (Å²) >= 11 is 0. The number of hydrogen-bond acceptors (Lipinski definition) is 4. The molecule has 0 aliphatic carbocycles. The average Bonchev–Trinajstić information content (AvgIpc) is 3.03. The summed E-state index contributed by atoms with van der Waals surface area (Å²) < 4.78 is 63.3. The number of Topliss-reactive ketones (excluding diaryl/α,β-unsaturated/α-hetero) is 1. The van der Waals surface area contributed by atoms with Crippen LogP contribution in [0.5, 0.6) is 0 Å². The second-order valence-corrected chi connectivity index (χ2v) is 7.25. The monoisotopic (exact) mass is 360 g/mol. The molecular formula is C15H15F3N2O3S.